The summed E-state index contributed by atoms with van der Waals surface area (Å²) in [6.07, 6.45) is 0. The van der Waals surface area contributed by atoms with Crippen molar-refractivity contribution in [1.29, 1.82) is 0 Å². The molecule has 4 nitrogen and oxygen atoms in total. The molecule has 0 bridgehead atoms. The minimum absolute atomic E-state index is 0. The second-order valence-electron chi connectivity index (χ2n) is 15.7. The molecule has 0 aliphatic heterocycles. The van der Waals surface area contributed by atoms with Crippen molar-refractivity contribution in [3.63, 3.8) is 0 Å². The van der Waals surface area contributed by atoms with Crippen LogP contribution in [0.4, 0.5) is 0 Å². The van der Waals surface area contributed by atoms with Gasteiger partial charge in [-0.25, -0.2) is 0 Å². The zero-order valence-electron chi connectivity index (χ0n) is 31.9. The second kappa shape index (κ2) is 27.1. The molecule has 212 valence electrons. The minimum Gasteiger partial charge on any atom is -0.668 e. The molecule has 0 saturated heterocycles. The van der Waals surface area contributed by atoms with Crippen molar-refractivity contribution in [2.45, 2.75) is 158 Å². The Morgan fingerprint density at radius 3 is 0.447 bits per heavy atom. The Labute approximate surface area is 339 Å². The molecule has 0 amide bonds. The van der Waals surface area contributed by atoms with Gasteiger partial charge in [0.2, 0.25) is 0 Å². The van der Waals surface area contributed by atoms with Crippen molar-refractivity contribution >= 4 is 49.4 Å². The Balaban J connectivity index is -0.0000000511. The molecule has 0 heterocycles. The Morgan fingerprint density at radius 2 is 0.447 bits per heavy atom. The van der Waals surface area contributed by atoms with Crippen LogP contribution in [0, 0.1) is 0 Å². The Kier molecular flexibility index (Phi) is 44.2. The minimum atomic E-state index is -1.11. The van der Waals surface area contributed by atoms with Gasteiger partial charge in [-0.15, -0.1) is 12.1 Å². The van der Waals surface area contributed by atoms with Gasteiger partial charge in [0.05, 0.1) is 0 Å². The molecule has 0 radical (unpaired) electrons. The van der Waals surface area contributed by atoms with E-state index in [1.165, 1.54) is 0 Å². The molecule has 38 heavy (non-hydrogen) atoms. The maximum atomic E-state index is 4.82. The fourth-order valence-electron chi connectivity index (χ4n) is 3.61. The van der Waals surface area contributed by atoms with Crippen LogP contribution in [0.15, 0.2) is 0 Å². The van der Waals surface area contributed by atoms with Crippen LogP contribution in [-0.4, -0.2) is 61.5 Å². The zero-order chi connectivity index (χ0) is 29.0. The fourth-order valence-corrected chi connectivity index (χ4v) is 27.8. The summed E-state index contributed by atoms with van der Waals surface area (Å²) in [5, 5.41) is 4.28. The summed E-state index contributed by atoms with van der Waals surface area (Å²) in [6, 6.07) is 1.000. The molecular weight excluding hydrogens is 589 g/mol. The van der Waals surface area contributed by atoms with Crippen LogP contribution < -0.4 is 119 Å². The van der Waals surface area contributed by atoms with E-state index in [4.69, 9.17) is 13.9 Å². The quantitative estimate of drug-likeness (QED) is 0.310. The van der Waals surface area contributed by atoms with Gasteiger partial charge in [-0.2, -0.15) is 0 Å². The Hall–Kier alpha value is 4.97. The normalized spacial score (nSPS) is 12.0. The molecule has 0 aromatic carbocycles. The predicted molar refractivity (Wildman–Crippen MR) is 184 cm³/mol. The molecule has 0 N–H and O–H groups in total. The van der Waals surface area contributed by atoms with Gasteiger partial charge in [0, 0.05) is 0 Å². The van der Waals surface area contributed by atoms with Gasteiger partial charge >= 0.3 is 119 Å². The summed E-state index contributed by atoms with van der Waals surface area (Å²) in [5.74, 6) is 0. The molecule has 0 aromatic heterocycles. The van der Waals surface area contributed by atoms with E-state index in [1.807, 2.05) is 0 Å². The van der Waals surface area contributed by atoms with Crippen LogP contribution in [0.5, 0.6) is 0 Å². The van der Waals surface area contributed by atoms with Crippen LogP contribution in [0.25, 0.3) is 19.3 Å². The van der Waals surface area contributed by atoms with Gasteiger partial charge in [0.1, 0.15) is 0 Å². The summed E-state index contributed by atoms with van der Waals surface area (Å²) in [7, 11) is -6.64. The summed E-state index contributed by atoms with van der Waals surface area (Å²) >= 11 is 0. The molecule has 14 heteroatoms. The third-order valence-electron chi connectivity index (χ3n) is 2.61. The molecule has 0 fully saturated rings. The molecule has 0 saturated carbocycles. The third-order valence-corrected chi connectivity index (χ3v) is 18.7. The average molecular weight is 657 g/mol. The SMILES string of the molecule is CC(C)[N-]C(C)C.C[Si](C)(C)[N-][Si](C)(C)C.C[Si](C)(C)[N-][Si](C)(C)C.C[Si](C)(C)[N-][Si](C)(C)C.[K+].[Li+].[Li+].[Na+]. The smallest absolute Gasteiger partial charge is 0.668 e. The third kappa shape index (κ3) is 90.0. The van der Waals surface area contributed by atoms with E-state index >= 15 is 0 Å². The maximum Gasteiger partial charge on any atom is 1.00 e. The maximum absolute atomic E-state index is 4.82. The number of nitrogens with zero attached hydrogens (tertiary/aromatic N) is 4. The summed E-state index contributed by atoms with van der Waals surface area (Å²) in [6.45, 7) is 49.7. The molecule has 0 unspecified atom stereocenters. The van der Waals surface area contributed by atoms with E-state index in [0.717, 1.165) is 0 Å². The molecule has 0 aliphatic rings. The molecular formula is C24H68KLi2N4NaSi6. The van der Waals surface area contributed by atoms with Gasteiger partial charge in [-0.1, -0.05) is 195 Å². The molecule has 0 rings (SSSR count). The summed E-state index contributed by atoms with van der Waals surface area (Å²) < 4.78 is 14.5. The van der Waals surface area contributed by atoms with Crippen LogP contribution >= 0.6 is 0 Å². The number of rotatable bonds is 8. The zero-order valence-corrected chi connectivity index (χ0v) is 43.1. The van der Waals surface area contributed by atoms with E-state index in [0.29, 0.717) is 12.1 Å². The first-order valence-corrected chi connectivity index (χ1v) is 33.9. The van der Waals surface area contributed by atoms with Crippen LogP contribution in [-0.2, 0) is 0 Å². The van der Waals surface area contributed by atoms with Crippen molar-refractivity contribution < 1.29 is 119 Å². The summed E-state index contributed by atoms with van der Waals surface area (Å²) in [4.78, 5) is 0. The van der Waals surface area contributed by atoms with E-state index < -0.39 is 49.4 Å². The number of hydrogen-bond donors (Lipinski definition) is 0. The van der Waals surface area contributed by atoms with E-state index in [-0.39, 0.29) is 119 Å². The summed E-state index contributed by atoms with van der Waals surface area (Å²) in [5.41, 5.74) is 0. The van der Waals surface area contributed by atoms with Crippen LogP contribution in [0.3, 0.4) is 0 Å². The van der Waals surface area contributed by atoms with Crippen LogP contribution in [0.1, 0.15) is 27.7 Å². The van der Waals surface area contributed by atoms with Crippen molar-refractivity contribution in [1.82, 2.24) is 0 Å². The van der Waals surface area contributed by atoms with Crippen molar-refractivity contribution in [2.24, 2.45) is 0 Å². The topological polar surface area (TPSA) is 56.4 Å². The first kappa shape index (κ1) is 61.9. The fraction of sp³-hybridized carbons (Fsp3) is 1.00. The van der Waals surface area contributed by atoms with Gasteiger partial charge in [-0.05, 0) is 0 Å². The van der Waals surface area contributed by atoms with E-state index in [2.05, 4.69) is 151 Å². The van der Waals surface area contributed by atoms with Crippen molar-refractivity contribution in [2.75, 3.05) is 0 Å². The largest absolute Gasteiger partial charge is 1.00 e. The standard InChI is InChI=1S/3C6H18NSi2.C6H14N.K.2Li.Na/c3*1-8(2,3)7-9(4,5)6;1-5(2)7-6(3)4;;;;/h3*1-6H3;5-6H,1-4H3;;;;/q4*-1;4*+1. The van der Waals surface area contributed by atoms with Crippen LogP contribution in [0.2, 0.25) is 118 Å². The van der Waals surface area contributed by atoms with Crippen molar-refractivity contribution in [3.05, 3.63) is 19.3 Å². The average Bonchev–Trinajstić information content (AvgIpc) is 2.22. The monoisotopic (exact) mass is 656 g/mol. The van der Waals surface area contributed by atoms with E-state index in [9.17, 15) is 0 Å². The first-order valence-electron chi connectivity index (χ1n) is 13.2. The predicted octanol–water partition coefficient (Wildman–Crippen LogP) is -0.717. The van der Waals surface area contributed by atoms with Gasteiger partial charge in [0.15, 0.2) is 0 Å². The van der Waals surface area contributed by atoms with Gasteiger partial charge in [-0.3, -0.25) is 0 Å². The molecule has 0 aromatic rings. The second-order valence-corrected chi connectivity index (χ2v) is 44.4. The molecule has 0 aliphatic carbocycles. The molecule has 0 atom stereocenters. The van der Waals surface area contributed by atoms with E-state index in [1.54, 1.807) is 0 Å². The Morgan fingerprint density at radius 1 is 0.342 bits per heavy atom. The number of hydrogen-bond acceptors (Lipinski definition) is 0. The Bertz CT molecular complexity index is 407. The molecule has 0 spiro atoms. The first-order chi connectivity index (χ1) is 14.2. The van der Waals surface area contributed by atoms with Crippen molar-refractivity contribution in [3.8, 4) is 0 Å². The van der Waals surface area contributed by atoms with Gasteiger partial charge < -0.3 is 19.3 Å². The van der Waals surface area contributed by atoms with Gasteiger partial charge in [0.25, 0.3) is 0 Å².